The van der Waals surface area contributed by atoms with E-state index in [4.69, 9.17) is 4.74 Å². The second-order valence-corrected chi connectivity index (χ2v) is 7.00. The Bertz CT molecular complexity index is 583. The molecule has 1 aromatic carbocycles. The fraction of sp³-hybridized carbons (Fsp3) is 0.611. The molecule has 0 bridgehead atoms. The maximum atomic E-state index is 5.62. The van der Waals surface area contributed by atoms with Crippen molar-refractivity contribution in [2.24, 2.45) is 10.4 Å². The van der Waals surface area contributed by atoms with Crippen LogP contribution >= 0.6 is 24.0 Å². The first kappa shape index (κ1) is 17.0. The first-order valence-electron chi connectivity index (χ1n) is 8.41. The van der Waals surface area contributed by atoms with Gasteiger partial charge in [-0.1, -0.05) is 24.3 Å². The summed E-state index contributed by atoms with van der Waals surface area (Å²) in [6.07, 6.45) is 3.63. The van der Waals surface area contributed by atoms with E-state index in [0.29, 0.717) is 11.3 Å². The number of likely N-dealkylation sites (tertiary alicyclic amines) is 1. The van der Waals surface area contributed by atoms with Gasteiger partial charge < -0.3 is 15.0 Å². The van der Waals surface area contributed by atoms with Crippen LogP contribution in [0, 0.1) is 5.41 Å². The van der Waals surface area contributed by atoms with Gasteiger partial charge in [0.2, 0.25) is 0 Å². The van der Waals surface area contributed by atoms with Gasteiger partial charge in [0.05, 0.1) is 6.61 Å². The second-order valence-electron chi connectivity index (χ2n) is 7.00. The van der Waals surface area contributed by atoms with E-state index in [2.05, 4.69) is 39.5 Å². The third-order valence-electron chi connectivity index (χ3n) is 5.60. The Morgan fingerprint density at radius 1 is 1.39 bits per heavy atom. The van der Waals surface area contributed by atoms with Crippen LogP contribution in [0.3, 0.4) is 0 Å². The van der Waals surface area contributed by atoms with Gasteiger partial charge in [0.1, 0.15) is 0 Å². The van der Waals surface area contributed by atoms with Crippen molar-refractivity contribution in [1.82, 2.24) is 10.2 Å². The quantitative estimate of drug-likeness (QED) is 0.448. The molecule has 126 valence electrons. The van der Waals surface area contributed by atoms with Crippen LogP contribution in [0.15, 0.2) is 29.3 Å². The number of ether oxygens (including phenoxy) is 1. The van der Waals surface area contributed by atoms with Crippen LogP contribution in [0.4, 0.5) is 0 Å². The number of benzene rings is 1. The first-order valence-corrected chi connectivity index (χ1v) is 8.41. The molecule has 23 heavy (non-hydrogen) atoms. The van der Waals surface area contributed by atoms with Gasteiger partial charge in [-0.25, -0.2) is 0 Å². The number of nitrogens with zero attached hydrogens (tertiary/aromatic N) is 2. The molecule has 0 radical (unpaired) electrons. The van der Waals surface area contributed by atoms with Crippen molar-refractivity contribution in [3.63, 3.8) is 0 Å². The predicted octanol–water partition coefficient (Wildman–Crippen LogP) is 2.63. The van der Waals surface area contributed by atoms with Gasteiger partial charge in [-0.2, -0.15) is 0 Å². The van der Waals surface area contributed by atoms with Crippen molar-refractivity contribution < 1.29 is 4.74 Å². The zero-order valence-corrected chi connectivity index (χ0v) is 16.1. The summed E-state index contributed by atoms with van der Waals surface area (Å²) in [5.74, 6) is 1.70. The van der Waals surface area contributed by atoms with Crippen LogP contribution in [0.1, 0.15) is 29.9 Å². The summed E-state index contributed by atoms with van der Waals surface area (Å²) in [6, 6.07) is 8.78. The molecule has 5 heteroatoms. The normalized spacial score (nSPS) is 29.2. The highest BCUT2D eigenvalue weighted by Gasteiger charge is 2.42. The maximum absolute atomic E-state index is 5.62. The Labute approximate surface area is 155 Å². The Kier molecular flexibility index (Phi) is 5.16. The standard InChI is InChI=1S/C18H25N3O.HI/c1-19-17(21-8-6-18(12-21)7-9-22-13-18)20-11-15-10-14-4-2-3-5-16(14)15;/h2-5,15H,6-13H2,1H3,(H,19,20);1H. The molecule has 3 aliphatic rings. The Balaban J connectivity index is 0.00000156. The summed E-state index contributed by atoms with van der Waals surface area (Å²) in [7, 11) is 1.90. The molecule has 2 fully saturated rings. The fourth-order valence-electron chi connectivity index (χ4n) is 4.18. The number of fused-ring (bicyclic) bond motifs is 1. The summed E-state index contributed by atoms with van der Waals surface area (Å²) in [6.45, 7) is 5.04. The van der Waals surface area contributed by atoms with Gasteiger partial charge in [-0.3, -0.25) is 4.99 Å². The molecule has 1 aliphatic carbocycles. The number of aliphatic imine (C=N–C) groups is 1. The average Bonchev–Trinajstić information content (AvgIpc) is 3.15. The monoisotopic (exact) mass is 427 g/mol. The number of hydrogen-bond donors (Lipinski definition) is 1. The molecule has 0 amide bonds. The lowest BCUT2D eigenvalue weighted by atomic mass is 9.78. The van der Waals surface area contributed by atoms with Crippen LogP contribution in [0.2, 0.25) is 0 Å². The topological polar surface area (TPSA) is 36.9 Å². The minimum absolute atomic E-state index is 0. The third-order valence-corrected chi connectivity index (χ3v) is 5.60. The maximum Gasteiger partial charge on any atom is 0.193 e. The number of guanidine groups is 1. The fourth-order valence-corrected chi connectivity index (χ4v) is 4.18. The van der Waals surface area contributed by atoms with Crippen molar-refractivity contribution in [3.8, 4) is 0 Å². The largest absolute Gasteiger partial charge is 0.381 e. The van der Waals surface area contributed by atoms with Crippen molar-refractivity contribution in [2.75, 3.05) is 39.9 Å². The molecule has 2 saturated heterocycles. The first-order chi connectivity index (χ1) is 10.8. The number of nitrogens with one attached hydrogen (secondary N) is 1. The molecule has 2 atom stereocenters. The molecular formula is C18H26IN3O. The summed E-state index contributed by atoms with van der Waals surface area (Å²) < 4.78 is 5.62. The highest BCUT2D eigenvalue weighted by Crippen LogP contribution is 2.38. The minimum Gasteiger partial charge on any atom is -0.381 e. The smallest absolute Gasteiger partial charge is 0.193 e. The van der Waals surface area contributed by atoms with E-state index in [-0.39, 0.29) is 24.0 Å². The number of rotatable bonds is 2. The molecule has 2 aliphatic heterocycles. The van der Waals surface area contributed by atoms with Crippen molar-refractivity contribution in [3.05, 3.63) is 35.4 Å². The molecule has 2 heterocycles. The molecule has 4 nitrogen and oxygen atoms in total. The molecule has 0 saturated carbocycles. The SMILES string of the molecule is CN=C(NCC1Cc2ccccc21)N1CCC2(CCOC2)C1.I. The predicted molar refractivity (Wildman–Crippen MR) is 104 cm³/mol. The van der Waals surface area contributed by atoms with E-state index in [1.165, 1.54) is 30.4 Å². The van der Waals surface area contributed by atoms with Crippen LogP contribution < -0.4 is 5.32 Å². The van der Waals surface area contributed by atoms with Crippen molar-refractivity contribution >= 4 is 29.9 Å². The molecule has 0 aromatic heterocycles. The molecule has 2 unspecified atom stereocenters. The lowest BCUT2D eigenvalue weighted by Gasteiger charge is -2.32. The molecule has 4 rings (SSSR count). The van der Waals surface area contributed by atoms with Crippen LogP contribution in [-0.4, -0.2) is 50.8 Å². The van der Waals surface area contributed by atoms with E-state index in [1.807, 2.05) is 7.05 Å². The van der Waals surface area contributed by atoms with E-state index < -0.39 is 0 Å². The average molecular weight is 427 g/mol. The van der Waals surface area contributed by atoms with E-state index >= 15 is 0 Å². The van der Waals surface area contributed by atoms with Crippen molar-refractivity contribution in [2.45, 2.75) is 25.2 Å². The minimum atomic E-state index is 0. The second kappa shape index (κ2) is 6.97. The van der Waals surface area contributed by atoms with Gasteiger partial charge in [-0.15, -0.1) is 24.0 Å². The van der Waals surface area contributed by atoms with Crippen LogP contribution in [0.5, 0.6) is 0 Å². The molecule has 1 aromatic rings. The van der Waals surface area contributed by atoms with Gasteiger partial charge in [0.15, 0.2) is 5.96 Å². The van der Waals surface area contributed by atoms with Gasteiger partial charge in [0.25, 0.3) is 0 Å². The molecule has 1 spiro atoms. The van der Waals surface area contributed by atoms with Crippen LogP contribution in [-0.2, 0) is 11.2 Å². The third kappa shape index (κ3) is 3.22. The Hall–Kier alpha value is -0.820. The number of hydrogen-bond acceptors (Lipinski definition) is 2. The van der Waals surface area contributed by atoms with Gasteiger partial charge >= 0.3 is 0 Å². The van der Waals surface area contributed by atoms with Crippen LogP contribution in [0.25, 0.3) is 0 Å². The van der Waals surface area contributed by atoms with E-state index in [1.54, 1.807) is 0 Å². The molecular weight excluding hydrogens is 401 g/mol. The highest BCUT2D eigenvalue weighted by molar-refractivity contribution is 14.0. The Morgan fingerprint density at radius 3 is 3.00 bits per heavy atom. The molecule has 1 N–H and O–H groups in total. The lowest BCUT2D eigenvalue weighted by Crippen LogP contribution is -2.44. The lowest BCUT2D eigenvalue weighted by molar-refractivity contribution is 0.156. The zero-order valence-electron chi connectivity index (χ0n) is 13.8. The summed E-state index contributed by atoms with van der Waals surface area (Å²) in [4.78, 5) is 6.92. The summed E-state index contributed by atoms with van der Waals surface area (Å²) >= 11 is 0. The summed E-state index contributed by atoms with van der Waals surface area (Å²) in [5.41, 5.74) is 3.40. The van der Waals surface area contributed by atoms with Gasteiger partial charge in [0, 0.05) is 44.6 Å². The number of halogens is 1. The van der Waals surface area contributed by atoms with Gasteiger partial charge in [-0.05, 0) is 30.4 Å². The van der Waals surface area contributed by atoms with Crippen molar-refractivity contribution in [1.29, 1.82) is 0 Å². The Morgan fingerprint density at radius 2 is 2.26 bits per heavy atom. The zero-order chi connectivity index (χ0) is 15.0. The summed E-state index contributed by atoms with van der Waals surface area (Å²) in [5, 5.41) is 3.60. The highest BCUT2D eigenvalue weighted by atomic mass is 127. The van der Waals surface area contributed by atoms with E-state index in [9.17, 15) is 0 Å². The van der Waals surface area contributed by atoms with E-state index in [0.717, 1.165) is 38.8 Å².